The average Bonchev–Trinajstić information content (AvgIpc) is 2.45. The predicted octanol–water partition coefficient (Wildman–Crippen LogP) is 3.31. The summed E-state index contributed by atoms with van der Waals surface area (Å²) in [5, 5.41) is 0. The standard InChI is InChI=1S/C15H23BrN2O2/c1-4-12(5-2)18(8-9-20-3)15(19)13-10-11(16)6-7-14(13)17/h6-7,10,12H,4-5,8-9,17H2,1-3H3. The minimum Gasteiger partial charge on any atom is -0.398 e. The Kier molecular flexibility index (Phi) is 7.02. The van der Waals surface area contributed by atoms with Crippen molar-refractivity contribution in [2.45, 2.75) is 32.7 Å². The second-order valence-corrected chi connectivity index (χ2v) is 5.61. The maximum absolute atomic E-state index is 12.8. The molecule has 0 heterocycles. The van der Waals surface area contributed by atoms with E-state index in [1.165, 1.54) is 0 Å². The van der Waals surface area contributed by atoms with Gasteiger partial charge < -0.3 is 15.4 Å². The molecule has 0 radical (unpaired) electrons. The van der Waals surface area contributed by atoms with E-state index in [-0.39, 0.29) is 11.9 Å². The zero-order valence-electron chi connectivity index (χ0n) is 12.4. The first kappa shape index (κ1) is 17.0. The maximum Gasteiger partial charge on any atom is 0.256 e. The number of benzene rings is 1. The van der Waals surface area contributed by atoms with Crippen LogP contribution in [0.4, 0.5) is 5.69 Å². The van der Waals surface area contributed by atoms with Gasteiger partial charge in [-0.25, -0.2) is 0 Å². The summed E-state index contributed by atoms with van der Waals surface area (Å²) in [6, 6.07) is 5.57. The van der Waals surface area contributed by atoms with Gasteiger partial charge in [0.2, 0.25) is 0 Å². The lowest BCUT2D eigenvalue weighted by Gasteiger charge is -2.31. The van der Waals surface area contributed by atoms with E-state index >= 15 is 0 Å². The molecular weight excluding hydrogens is 320 g/mol. The normalized spacial score (nSPS) is 10.8. The first-order chi connectivity index (χ1) is 9.54. The zero-order valence-corrected chi connectivity index (χ0v) is 13.9. The number of hydrogen-bond acceptors (Lipinski definition) is 3. The Morgan fingerprint density at radius 2 is 2.05 bits per heavy atom. The molecule has 0 bridgehead atoms. The van der Waals surface area contributed by atoms with Crippen LogP contribution in [0.5, 0.6) is 0 Å². The van der Waals surface area contributed by atoms with Crippen molar-refractivity contribution < 1.29 is 9.53 Å². The average molecular weight is 343 g/mol. The highest BCUT2D eigenvalue weighted by atomic mass is 79.9. The Morgan fingerprint density at radius 3 is 2.60 bits per heavy atom. The van der Waals surface area contributed by atoms with E-state index < -0.39 is 0 Å². The van der Waals surface area contributed by atoms with Crippen LogP contribution in [0.2, 0.25) is 0 Å². The fourth-order valence-corrected chi connectivity index (χ4v) is 2.60. The van der Waals surface area contributed by atoms with Gasteiger partial charge in [0, 0.05) is 29.9 Å². The largest absolute Gasteiger partial charge is 0.398 e. The lowest BCUT2D eigenvalue weighted by molar-refractivity contribution is 0.0590. The third-order valence-electron chi connectivity index (χ3n) is 3.43. The van der Waals surface area contributed by atoms with Gasteiger partial charge in [-0.05, 0) is 31.0 Å². The maximum atomic E-state index is 12.8. The molecule has 0 aliphatic rings. The number of nitrogen functional groups attached to an aromatic ring is 1. The predicted molar refractivity (Wildman–Crippen MR) is 85.8 cm³/mol. The Labute approximate surface area is 129 Å². The Morgan fingerprint density at radius 1 is 1.40 bits per heavy atom. The third kappa shape index (κ3) is 4.21. The van der Waals surface area contributed by atoms with Gasteiger partial charge in [0.05, 0.1) is 12.2 Å². The highest BCUT2D eigenvalue weighted by Crippen LogP contribution is 2.22. The second kappa shape index (κ2) is 8.27. The summed E-state index contributed by atoms with van der Waals surface area (Å²) >= 11 is 3.39. The molecule has 1 aromatic rings. The SMILES string of the molecule is CCC(CC)N(CCOC)C(=O)c1cc(Br)ccc1N. The Hall–Kier alpha value is -1.07. The lowest BCUT2D eigenvalue weighted by Crippen LogP contribution is -2.42. The van der Waals surface area contributed by atoms with E-state index in [1.807, 2.05) is 11.0 Å². The summed E-state index contributed by atoms with van der Waals surface area (Å²) in [5.41, 5.74) is 6.99. The van der Waals surface area contributed by atoms with Crippen LogP contribution in [0.25, 0.3) is 0 Å². The van der Waals surface area contributed by atoms with E-state index in [1.54, 1.807) is 19.2 Å². The summed E-state index contributed by atoms with van der Waals surface area (Å²) in [6.45, 7) is 5.28. The topological polar surface area (TPSA) is 55.6 Å². The van der Waals surface area contributed by atoms with Gasteiger partial charge >= 0.3 is 0 Å². The molecule has 20 heavy (non-hydrogen) atoms. The van der Waals surface area contributed by atoms with Crippen LogP contribution >= 0.6 is 15.9 Å². The van der Waals surface area contributed by atoms with E-state index in [0.29, 0.717) is 24.4 Å². The number of ether oxygens (including phenoxy) is 1. The van der Waals surface area contributed by atoms with E-state index in [9.17, 15) is 4.79 Å². The third-order valence-corrected chi connectivity index (χ3v) is 3.92. The molecule has 1 amide bonds. The van der Waals surface area contributed by atoms with Crippen LogP contribution < -0.4 is 5.73 Å². The minimum atomic E-state index is -0.0328. The van der Waals surface area contributed by atoms with Gasteiger partial charge in [-0.15, -0.1) is 0 Å². The molecule has 4 nitrogen and oxygen atoms in total. The number of rotatable bonds is 7. The van der Waals surface area contributed by atoms with Gasteiger partial charge in [0.1, 0.15) is 0 Å². The molecule has 0 fully saturated rings. The molecule has 0 unspecified atom stereocenters. The molecule has 1 rings (SSSR count). The monoisotopic (exact) mass is 342 g/mol. The van der Waals surface area contributed by atoms with Crippen molar-refractivity contribution in [3.05, 3.63) is 28.2 Å². The van der Waals surface area contributed by atoms with E-state index in [4.69, 9.17) is 10.5 Å². The quantitative estimate of drug-likeness (QED) is 0.773. The molecule has 0 atom stereocenters. The van der Waals surface area contributed by atoms with E-state index in [2.05, 4.69) is 29.8 Å². The summed E-state index contributed by atoms with van der Waals surface area (Å²) in [4.78, 5) is 14.6. The zero-order chi connectivity index (χ0) is 15.1. The van der Waals surface area contributed by atoms with Gasteiger partial charge in [-0.3, -0.25) is 4.79 Å². The fourth-order valence-electron chi connectivity index (χ4n) is 2.24. The Balaban J connectivity index is 3.05. The molecule has 0 aliphatic carbocycles. The molecule has 0 aromatic heterocycles. The number of hydrogen-bond donors (Lipinski definition) is 1. The lowest BCUT2D eigenvalue weighted by atomic mass is 10.1. The van der Waals surface area contributed by atoms with Crippen molar-refractivity contribution in [2.75, 3.05) is 26.0 Å². The van der Waals surface area contributed by atoms with Crippen molar-refractivity contribution in [3.8, 4) is 0 Å². The molecule has 2 N–H and O–H groups in total. The van der Waals surface area contributed by atoms with Gasteiger partial charge in [0.25, 0.3) is 5.91 Å². The summed E-state index contributed by atoms with van der Waals surface area (Å²) in [5.74, 6) is -0.0328. The van der Waals surface area contributed by atoms with Gasteiger partial charge in [-0.2, -0.15) is 0 Å². The smallest absolute Gasteiger partial charge is 0.256 e. The van der Waals surface area contributed by atoms with Crippen LogP contribution in [0.3, 0.4) is 0 Å². The van der Waals surface area contributed by atoms with Gasteiger partial charge in [-0.1, -0.05) is 29.8 Å². The second-order valence-electron chi connectivity index (χ2n) is 4.69. The number of nitrogens with two attached hydrogens (primary N) is 1. The van der Waals surface area contributed by atoms with Gasteiger partial charge in [0.15, 0.2) is 0 Å². The van der Waals surface area contributed by atoms with E-state index in [0.717, 1.165) is 17.3 Å². The molecule has 0 saturated heterocycles. The van der Waals surface area contributed by atoms with Crippen molar-refractivity contribution >= 4 is 27.5 Å². The summed E-state index contributed by atoms with van der Waals surface area (Å²) < 4.78 is 5.97. The Bertz CT molecular complexity index is 447. The molecule has 112 valence electrons. The van der Waals surface area contributed by atoms with Crippen molar-refractivity contribution in [2.24, 2.45) is 0 Å². The number of carbonyl (C=O) groups excluding carboxylic acids is 1. The molecule has 0 saturated carbocycles. The fraction of sp³-hybridized carbons (Fsp3) is 0.533. The molecule has 0 aliphatic heterocycles. The van der Waals surface area contributed by atoms with Crippen LogP contribution in [-0.2, 0) is 4.74 Å². The van der Waals surface area contributed by atoms with Crippen molar-refractivity contribution in [1.29, 1.82) is 0 Å². The van der Waals surface area contributed by atoms with Crippen LogP contribution in [0, 0.1) is 0 Å². The number of nitrogens with zero attached hydrogens (tertiary/aromatic N) is 1. The number of carbonyl (C=O) groups is 1. The molecule has 1 aromatic carbocycles. The van der Waals surface area contributed by atoms with Crippen LogP contribution in [-0.4, -0.2) is 37.1 Å². The highest BCUT2D eigenvalue weighted by molar-refractivity contribution is 9.10. The highest BCUT2D eigenvalue weighted by Gasteiger charge is 2.23. The molecule has 5 heteroatoms. The number of anilines is 1. The minimum absolute atomic E-state index is 0.0328. The van der Waals surface area contributed by atoms with Crippen molar-refractivity contribution in [3.63, 3.8) is 0 Å². The number of amides is 1. The summed E-state index contributed by atoms with van der Waals surface area (Å²) in [7, 11) is 1.64. The summed E-state index contributed by atoms with van der Waals surface area (Å²) in [6.07, 6.45) is 1.83. The number of methoxy groups -OCH3 is 1. The first-order valence-corrected chi connectivity index (χ1v) is 7.69. The van der Waals surface area contributed by atoms with Crippen LogP contribution in [0.1, 0.15) is 37.0 Å². The number of halogens is 1. The first-order valence-electron chi connectivity index (χ1n) is 6.90. The van der Waals surface area contributed by atoms with Crippen molar-refractivity contribution in [1.82, 2.24) is 4.90 Å². The molecule has 0 spiro atoms. The van der Waals surface area contributed by atoms with Crippen LogP contribution in [0.15, 0.2) is 22.7 Å². The molecular formula is C15H23BrN2O2.